The average molecular weight is 288 g/mol. The maximum Gasteiger partial charge on any atom is 0.236 e. The molecule has 2 rings (SSSR count). The quantitative estimate of drug-likeness (QED) is 0.886. The number of hydrogen-bond donors (Lipinski definition) is 1. The Bertz CT molecular complexity index is 551. The van der Waals surface area contributed by atoms with Crippen LogP contribution in [0.5, 0.6) is 0 Å². The lowest BCUT2D eigenvalue weighted by Crippen LogP contribution is -2.34. The van der Waals surface area contributed by atoms with Crippen molar-refractivity contribution in [2.75, 3.05) is 20.1 Å². The number of rotatable bonds is 6. The molecule has 0 aliphatic carbocycles. The first-order chi connectivity index (χ1) is 9.70. The van der Waals surface area contributed by atoms with Crippen molar-refractivity contribution in [2.24, 2.45) is 0 Å². The zero-order chi connectivity index (χ0) is 14.4. The number of carbonyl (C=O) groups is 1. The summed E-state index contributed by atoms with van der Waals surface area (Å²) < 4.78 is 0. The summed E-state index contributed by atoms with van der Waals surface area (Å²) in [6.07, 6.45) is 0. The monoisotopic (exact) mass is 288 g/mol. The highest BCUT2D eigenvalue weighted by Crippen LogP contribution is 2.27. The summed E-state index contributed by atoms with van der Waals surface area (Å²) in [5.41, 5.74) is 1.24. The molecule has 0 spiro atoms. The van der Waals surface area contributed by atoms with Crippen LogP contribution in [0.4, 0.5) is 0 Å². The minimum absolute atomic E-state index is 0.132. The van der Waals surface area contributed by atoms with Crippen LogP contribution in [0, 0.1) is 0 Å². The Morgan fingerprint density at radius 3 is 2.65 bits per heavy atom. The second-order valence-electron chi connectivity index (χ2n) is 4.64. The Kier molecular flexibility index (Phi) is 5.32. The third-order valence-electron chi connectivity index (χ3n) is 3.20. The van der Waals surface area contributed by atoms with E-state index in [1.54, 1.807) is 16.2 Å². The number of likely N-dealkylation sites (N-methyl/N-ethyl adjacent to an activating group) is 1. The molecule has 4 heteroatoms. The fourth-order valence-corrected chi connectivity index (χ4v) is 2.82. The highest BCUT2D eigenvalue weighted by molar-refractivity contribution is 7.15. The summed E-state index contributed by atoms with van der Waals surface area (Å²) >= 11 is 1.76. The molecule has 2 aromatic rings. The van der Waals surface area contributed by atoms with Gasteiger partial charge in [-0.1, -0.05) is 30.3 Å². The van der Waals surface area contributed by atoms with Crippen molar-refractivity contribution >= 4 is 17.2 Å². The number of benzene rings is 1. The van der Waals surface area contributed by atoms with Crippen molar-refractivity contribution in [3.63, 3.8) is 0 Å². The first-order valence-corrected chi connectivity index (χ1v) is 7.61. The predicted octanol–water partition coefficient (Wildman–Crippen LogP) is 2.98. The van der Waals surface area contributed by atoms with Crippen LogP contribution in [0.25, 0.3) is 10.4 Å². The molecule has 1 heterocycles. The summed E-state index contributed by atoms with van der Waals surface area (Å²) in [5, 5.41) is 3.20. The van der Waals surface area contributed by atoms with Gasteiger partial charge in [-0.3, -0.25) is 4.79 Å². The highest BCUT2D eigenvalue weighted by atomic mass is 32.1. The van der Waals surface area contributed by atoms with Gasteiger partial charge < -0.3 is 10.2 Å². The molecule has 3 nitrogen and oxygen atoms in total. The molecule has 0 atom stereocenters. The van der Waals surface area contributed by atoms with Gasteiger partial charge in [-0.2, -0.15) is 0 Å². The van der Waals surface area contributed by atoms with E-state index >= 15 is 0 Å². The normalized spacial score (nSPS) is 10.5. The molecule has 1 N–H and O–H groups in total. The molecule has 0 aliphatic heterocycles. The van der Waals surface area contributed by atoms with E-state index in [-0.39, 0.29) is 5.91 Å². The molecule has 0 saturated carbocycles. The number of thiophene rings is 1. The number of amides is 1. The minimum atomic E-state index is 0.132. The molecule has 20 heavy (non-hydrogen) atoms. The fourth-order valence-electron chi connectivity index (χ4n) is 1.83. The van der Waals surface area contributed by atoms with Gasteiger partial charge >= 0.3 is 0 Å². The van der Waals surface area contributed by atoms with Crippen molar-refractivity contribution in [1.29, 1.82) is 0 Å². The summed E-state index contributed by atoms with van der Waals surface area (Å²) in [6.45, 7) is 3.85. The van der Waals surface area contributed by atoms with Crippen LogP contribution < -0.4 is 5.32 Å². The zero-order valence-electron chi connectivity index (χ0n) is 11.9. The van der Waals surface area contributed by atoms with Gasteiger partial charge in [0.15, 0.2) is 0 Å². The lowest BCUT2D eigenvalue weighted by molar-refractivity contribution is -0.128. The Morgan fingerprint density at radius 2 is 1.95 bits per heavy atom. The minimum Gasteiger partial charge on any atom is -0.345 e. The van der Waals surface area contributed by atoms with Gasteiger partial charge in [-0.05, 0) is 24.6 Å². The van der Waals surface area contributed by atoms with E-state index in [4.69, 9.17) is 0 Å². The van der Waals surface area contributed by atoms with Gasteiger partial charge in [0.2, 0.25) is 5.91 Å². The molecule has 0 saturated heterocycles. The average Bonchev–Trinajstić information content (AvgIpc) is 2.96. The van der Waals surface area contributed by atoms with Gasteiger partial charge in [-0.25, -0.2) is 0 Å². The van der Waals surface area contributed by atoms with Crippen LogP contribution in [-0.4, -0.2) is 30.9 Å². The molecule has 1 aromatic carbocycles. The maximum absolute atomic E-state index is 11.7. The Morgan fingerprint density at radius 1 is 1.20 bits per heavy atom. The van der Waals surface area contributed by atoms with Gasteiger partial charge in [0, 0.05) is 29.9 Å². The van der Waals surface area contributed by atoms with Crippen molar-refractivity contribution < 1.29 is 4.79 Å². The third kappa shape index (κ3) is 3.92. The molecule has 1 amide bonds. The van der Waals surface area contributed by atoms with Crippen LogP contribution >= 0.6 is 11.3 Å². The van der Waals surface area contributed by atoms with E-state index in [0.717, 1.165) is 13.1 Å². The number of carbonyl (C=O) groups excluding carboxylic acids is 1. The Hall–Kier alpha value is -1.65. The van der Waals surface area contributed by atoms with Crippen molar-refractivity contribution in [3.05, 3.63) is 47.3 Å². The standard InChI is InChI=1S/C16H20N2OS/c1-3-18(2)16(19)12-17-11-14-9-10-15(20-14)13-7-5-4-6-8-13/h4-10,17H,3,11-12H2,1-2H3. The summed E-state index contributed by atoms with van der Waals surface area (Å²) in [7, 11) is 1.82. The Labute approximate surface area is 124 Å². The van der Waals surface area contributed by atoms with E-state index in [9.17, 15) is 4.79 Å². The van der Waals surface area contributed by atoms with Crippen molar-refractivity contribution in [1.82, 2.24) is 10.2 Å². The van der Waals surface area contributed by atoms with Gasteiger partial charge in [-0.15, -0.1) is 11.3 Å². The van der Waals surface area contributed by atoms with E-state index in [2.05, 4.69) is 29.6 Å². The van der Waals surface area contributed by atoms with Gasteiger partial charge in [0.25, 0.3) is 0 Å². The van der Waals surface area contributed by atoms with E-state index in [1.165, 1.54) is 15.3 Å². The van der Waals surface area contributed by atoms with Crippen molar-refractivity contribution in [2.45, 2.75) is 13.5 Å². The first kappa shape index (κ1) is 14.8. The van der Waals surface area contributed by atoms with Crippen LogP contribution in [0.15, 0.2) is 42.5 Å². The molecule has 0 unspecified atom stereocenters. The summed E-state index contributed by atoms with van der Waals surface area (Å²) in [4.78, 5) is 15.9. The van der Waals surface area contributed by atoms with E-state index in [0.29, 0.717) is 6.54 Å². The Balaban J connectivity index is 1.86. The lowest BCUT2D eigenvalue weighted by atomic mass is 10.2. The molecule has 106 valence electrons. The topological polar surface area (TPSA) is 32.3 Å². The number of nitrogens with zero attached hydrogens (tertiary/aromatic N) is 1. The molecule has 0 fully saturated rings. The van der Waals surface area contributed by atoms with Crippen LogP contribution in [0.3, 0.4) is 0 Å². The third-order valence-corrected chi connectivity index (χ3v) is 4.33. The summed E-state index contributed by atoms with van der Waals surface area (Å²) in [5.74, 6) is 0.132. The van der Waals surface area contributed by atoms with E-state index < -0.39 is 0 Å². The number of nitrogens with one attached hydrogen (secondary N) is 1. The van der Waals surface area contributed by atoms with Crippen LogP contribution in [-0.2, 0) is 11.3 Å². The zero-order valence-corrected chi connectivity index (χ0v) is 12.7. The lowest BCUT2D eigenvalue weighted by Gasteiger charge is -2.14. The van der Waals surface area contributed by atoms with Crippen LogP contribution in [0.1, 0.15) is 11.8 Å². The second-order valence-corrected chi connectivity index (χ2v) is 5.81. The molecular formula is C16H20N2OS. The largest absolute Gasteiger partial charge is 0.345 e. The molecule has 0 bridgehead atoms. The summed E-state index contributed by atoms with van der Waals surface area (Å²) in [6, 6.07) is 14.6. The maximum atomic E-state index is 11.7. The predicted molar refractivity (Wildman–Crippen MR) is 84.8 cm³/mol. The smallest absolute Gasteiger partial charge is 0.236 e. The molecule has 1 aromatic heterocycles. The SMILES string of the molecule is CCN(C)C(=O)CNCc1ccc(-c2ccccc2)s1. The molecular weight excluding hydrogens is 268 g/mol. The highest BCUT2D eigenvalue weighted by Gasteiger charge is 2.06. The van der Waals surface area contributed by atoms with E-state index in [1.807, 2.05) is 32.2 Å². The fraction of sp³-hybridized carbons (Fsp3) is 0.312. The number of hydrogen-bond acceptors (Lipinski definition) is 3. The second kappa shape index (κ2) is 7.22. The molecule has 0 radical (unpaired) electrons. The van der Waals surface area contributed by atoms with Crippen molar-refractivity contribution in [3.8, 4) is 10.4 Å². The first-order valence-electron chi connectivity index (χ1n) is 6.79. The van der Waals surface area contributed by atoms with Gasteiger partial charge in [0.1, 0.15) is 0 Å². The molecule has 0 aliphatic rings. The van der Waals surface area contributed by atoms with Gasteiger partial charge in [0.05, 0.1) is 6.54 Å². The van der Waals surface area contributed by atoms with Crippen LogP contribution in [0.2, 0.25) is 0 Å².